The number of aliphatic hydroxyl groups excluding tert-OH is 1. The van der Waals surface area contributed by atoms with Crippen molar-refractivity contribution in [1.29, 1.82) is 0 Å². The highest BCUT2D eigenvalue weighted by atomic mass is 16.3. The zero-order chi connectivity index (χ0) is 16.4. The van der Waals surface area contributed by atoms with Crippen molar-refractivity contribution in [2.24, 2.45) is 40.4 Å². The van der Waals surface area contributed by atoms with Crippen LogP contribution in [0.2, 0.25) is 0 Å². The van der Waals surface area contributed by atoms with Crippen LogP contribution in [-0.2, 0) is 0 Å². The van der Waals surface area contributed by atoms with Crippen LogP contribution in [0.5, 0.6) is 0 Å². The summed E-state index contributed by atoms with van der Waals surface area (Å²) < 4.78 is 0. The topological polar surface area (TPSA) is 20.2 Å². The van der Waals surface area contributed by atoms with Gasteiger partial charge in [-0.05, 0) is 104 Å². The minimum atomic E-state index is 0.311. The highest BCUT2D eigenvalue weighted by Gasteiger charge is 2.59. The van der Waals surface area contributed by atoms with Crippen molar-refractivity contribution in [3.63, 3.8) is 0 Å². The van der Waals surface area contributed by atoms with Crippen LogP contribution >= 0.6 is 0 Å². The van der Waals surface area contributed by atoms with Crippen molar-refractivity contribution < 1.29 is 5.11 Å². The molecule has 0 aromatic heterocycles. The van der Waals surface area contributed by atoms with Crippen molar-refractivity contribution in [3.05, 3.63) is 11.3 Å². The molecule has 0 aromatic rings. The lowest BCUT2D eigenvalue weighted by atomic mass is 9.44. The summed E-state index contributed by atoms with van der Waals surface area (Å²) in [6, 6.07) is 0. The Balaban J connectivity index is 1.64. The Morgan fingerprint density at radius 3 is 2.52 bits per heavy atom. The lowest BCUT2D eigenvalue weighted by Crippen LogP contribution is -2.52. The van der Waals surface area contributed by atoms with Crippen LogP contribution in [0, 0.1) is 40.4 Å². The van der Waals surface area contributed by atoms with Gasteiger partial charge in [0.25, 0.3) is 0 Å². The molecule has 4 fully saturated rings. The molecule has 4 rings (SSSR count). The highest BCUT2D eigenvalue weighted by Crippen LogP contribution is 2.67. The van der Waals surface area contributed by atoms with Crippen molar-refractivity contribution in [2.75, 3.05) is 0 Å². The molecule has 130 valence electrons. The zero-order valence-corrected chi connectivity index (χ0v) is 15.7. The van der Waals surface area contributed by atoms with Gasteiger partial charge in [0, 0.05) is 0 Å². The van der Waals surface area contributed by atoms with Crippen molar-refractivity contribution >= 4 is 0 Å². The van der Waals surface area contributed by atoms with E-state index in [9.17, 15) is 5.11 Å². The van der Waals surface area contributed by atoms with E-state index in [0.29, 0.717) is 16.6 Å². The minimum absolute atomic E-state index is 0.311. The fourth-order valence-corrected chi connectivity index (χ4v) is 7.88. The number of aliphatic hydroxyl groups is 1. The van der Waals surface area contributed by atoms with Crippen LogP contribution in [0.25, 0.3) is 0 Å². The second kappa shape index (κ2) is 5.27. The first kappa shape index (κ1) is 16.0. The molecule has 0 aliphatic heterocycles. The molecule has 23 heavy (non-hydrogen) atoms. The molecule has 1 N–H and O–H groups in total. The Morgan fingerprint density at radius 1 is 1.00 bits per heavy atom. The first-order valence-electron chi connectivity index (χ1n) is 10.3. The average Bonchev–Trinajstić information content (AvgIpc) is 2.85. The third-order valence-electron chi connectivity index (χ3n) is 9.15. The summed E-state index contributed by atoms with van der Waals surface area (Å²) in [6.07, 6.45) is 12.6. The van der Waals surface area contributed by atoms with E-state index in [1.54, 1.807) is 0 Å². The highest BCUT2D eigenvalue weighted by molar-refractivity contribution is 5.25. The van der Waals surface area contributed by atoms with Crippen molar-refractivity contribution in [2.45, 2.75) is 85.5 Å². The van der Waals surface area contributed by atoms with Gasteiger partial charge in [-0.2, -0.15) is 0 Å². The van der Waals surface area contributed by atoms with Gasteiger partial charge in [-0.3, -0.25) is 0 Å². The van der Waals surface area contributed by atoms with Gasteiger partial charge in [0.15, 0.2) is 0 Å². The van der Waals surface area contributed by atoms with Crippen molar-refractivity contribution in [3.8, 4) is 0 Å². The van der Waals surface area contributed by atoms with E-state index in [1.165, 1.54) is 56.9 Å². The quantitative estimate of drug-likeness (QED) is 0.506. The van der Waals surface area contributed by atoms with Gasteiger partial charge in [-0.15, -0.1) is 0 Å². The average molecular weight is 317 g/mol. The molecule has 0 radical (unpaired) electrons. The van der Waals surface area contributed by atoms with Gasteiger partial charge in [0.1, 0.15) is 0 Å². The molecule has 0 heterocycles. The molecule has 7 atom stereocenters. The van der Waals surface area contributed by atoms with E-state index < -0.39 is 0 Å². The van der Waals surface area contributed by atoms with Gasteiger partial charge < -0.3 is 5.11 Å². The summed E-state index contributed by atoms with van der Waals surface area (Å²) in [5.74, 6) is 5.32. The largest absolute Gasteiger partial charge is 0.513 e. The van der Waals surface area contributed by atoms with E-state index in [2.05, 4.69) is 20.8 Å². The SMILES string of the molecule is C/C(O)=C1\CCC2C3CC[C@H]4CC(C)CCC4(C)C3CCC12C. The second-order valence-electron chi connectivity index (χ2n) is 10.1. The maximum atomic E-state index is 10.2. The zero-order valence-electron chi connectivity index (χ0n) is 15.7. The van der Waals surface area contributed by atoms with Crippen LogP contribution in [0.1, 0.15) is 85.5 Å². The van der Waals surface area contributed by atoms with Crippen LogP contribution in [-0.4, -0.2) is 5.11 Å². The Kier molecular flexibility index (Phi) is 3.67. The maximum absolute atomic E-state index is 10.2. The molecule has 1 heteroatoms. The van der Waals surface area contributed by atoms with E-state index in [0.717, 1.165) is 36.0 Å². The lowest BCUT2D eigenvalue weighted by Gasteiger charge is -2.60. The maximum Gasteiger partial charge on any atom is 0.0889 e. The predicted molar refractivity (Wildman–Crippen MR) is 96.2 cm³/mol. The normalized spacial score (nSPS) is 54.9. The third-order valence-corrected chi connectivity index (χ3v) is 9.15. The van der Waals surface area contributed by atoms with Crippen LogP contribution in [0.15, 0.2) is 11.3 Å². The molecule has 0 bridgehead atoms. The molecule has 4 aliphatic carbocycles. The predicted octanol–water partition coefficient (Wildman–Crippen LogP) is 6.50. The molecule has 6 unspecified atom stereocenters. The van der Waals surface area contributed by atoms with Gasteiger partial charge in [0.2, 0.25) is 0 Å². The fraction of sp³-hybridized carbons (Fsp3) is 0.909. The van der Waals surface area contributed by atoms with Crippen LogP contribution in [0.3, 0.4) is 0 Å². The number of fused-ring (bicyclic) bond motifs is 5. The molecule has 0 spiro atoms. The van der Waals surface area contributed by atoms with E-state index in [1.807, 2.05) is 6.92 Å². The van der Waals surface area contributed by atoms with Crippen LogP contribution in [0.4, 0.5) is 0 Å². The monoisotopic (exact) mass is 316 g/mol. The summed E-state index contributed by atoms with van der Waals surface area (Å²) in [6.45, 7) is 9.54. The van der Waals surface area contributed by atoms with E-state index >= 15 is 0 Å². The van der Waals surface area contributed by atoms with Gasteiger partial charge >= 0.3 is 0 Å². The van der Waals surface area contributed by atoms with Gasteiger partial charge in [0.05, 0.1) is 5.76 Å². The lowest BCUT2D eigenvalue weighted by molar-refractivity contribution is -0.105. The standard InChI is InChI=1S/C22H36O/c1-14-9-11-21(3)16(13-14)5-6-17-19-8-7-18(15(2)23)22(19,4)12-10-20(17)21/h14,16-17,19-20,23H,5-13H2,1-4H3/b18-15-/t14?,16-,17?,19?,20?,21?,22?/m0/s1. The number of hydrogen-bond donors (Lipinski definition) is 1. The smallest absolute Gasteiger partial charge is 0.0889 e. The third kappa shape index (κ3) is 2.17. The first-order chi connectivity index (χ1) is 10.9. The number of rotatable bonds is 0. The first-order valence-corrected chi connectivity index (χ1v) is 10.3. The van der Waals surface area contributed by atoms with Crippen LogP contribution < -0.4 is 0 Å². The van der Waals surface area contributed by atoms with Gasteiger partial charge in [-0.25, -0.2) is 0 Å². The molecule has 4 saturated carbocycles. The molecular weight excluding hydrogens is 280 g/mol. The summed E-state index contributed by atoms with van der Waals surface area (Å²) in [7, 11) is 0. The summed E-state index contributed by atoms with van der Waals surface area (Å²) in [4.78, 5) is 0. The Bertz CT molecular complexity index is 516. The number of hydrogen-bond acceptors (Lipinski definition) is 1. The Labute approximate surface area is 142 Å². The van der Waals surface area contributed by atoms with Gasteiger partial charge in [-0.1, -0.05) is 27.2 Å². The Hall–Kier alpha value is -0.460. The molecule has 0 aromatic carbocycles. The second-order valence-corrected chi connectivity index (χ2v) is 10.1. The molecule has 4 aliphatic rings. The summed E-state index contributed by atoms with van der Waals surface area (Å²) in [5.41, 5.74) is 2.34. The van der Waals surface area contributed by atoms with E-state index in [4.69, 9.17) is 0 Å². The fourth-order valence-electron chi connectivity index (χ4n) is 7.88. The summed E-state index contributed by atoms with van der Waals surface area (Å²) >= 11 is 0. The molecular formula is C22H36O. The van der Waals surface area contributed by atoms with E-state index in [-0.39, 0.29) is 0 Å². The molecule has 1 nitrogen and oxygen atoms in total. The minimum Gasteiger partial charge on any atom is -0.513 e. The number of allylic oxidation sites excluding steroid dienone is 2. The molecule has 0 amide bonds. The molecule has 0 saturated heterocycles. The Morgan fingerprint density at radius 2 is 1.78 bits per heavy atom. The summed E-state index contributed by atoms with van der Waals surface area (Å²) in [5, 5.41) is 10.2. The van der Waals surface area contributed by atoms with Crippen molar-refractivity contribution in [1.82, 2.24) is 0 Å².